The number of halogens is 4. The van der Waals surface area contributed by atoms with Gasteiger partial charge in [-0.15, -0.1) is 0 Å². The van der Waals surface area contributed by atoms with Gasteiger partial charge < -0.3 is 15.3 Å². The number of amides is 1. The molecule has 27 heavy (non-hydrogen) atoms. The molecule has 1 aromatic rings. The average molecular weight is 390 g/mol. The summed E-state index contributed by atoms with van der Waals surface area (Å²) >= 11 is 0. The minimum Gasteiger partial charge on any atom is -0.387 e. The second-order valence-electron chi connectivity index (χ2n) is 7.80. The highest BCUT2D eigenvalue weighted by Gasteiger charge is 2.44. The van der Waals surface area contributed by atoms with Gasteiger partial charge in [-0.25, -0.2) is 4.39 Å². The van der Waals surface area contributed by atoms with E-state index >= 15 is 0 Å². The number of alkyl halides is 3. The lowest BCUT2D eigenvalue weighted by Crippen LogP contribution is -2.49. The summed E-state index contributed by atoms with van der Waals surface area (Å²) in [6.07, 6.45) is -3.89. The Labute approximate surface area is 156 Å². The zero-order valence-corrected chi connectivity index (χ0v) is 15.5. The summed E-state index contributed by atoms with van der Waals surface area (Å²) < 4.78 is 51.2. The first-order valence-corrected chi connectivity index (χ1v) is 9.02. The molecule has 152 valence electrons. The molecule has 8 heteroatoms. The smallest absolute Gasteiger partial charge is 0.387 e. The number of nitrogens with one attached hydrogen (secondary N) is 1. The van der Waals surface area contributed by atoms with E-state index in [1.165, 1.54) is 18.2 Å². The lowest BCUT2D eigenvalue weighted by Gasteiger charge is -2.38. The number of β-amino-alcohol motifs (C(OH)–C–C–N with tert-alkyl or cyclic N) is 1. The number of aliphatic hydroxyl groups excluding tert-OH is 1. The van der Waals surface area contributed by atoms with Crippen molar-refractivity contribution in [3.05, 3.63) is 35.6 Å². The number of hydrogen-bond donors (Lipinski definition) is 2. The molecule has 0 spiro atoms. The Bertz CT molecular complexity index is 649. The Hall–Kier alpha value is -1.67. The van der Waals surface area contributed by atoms with E-state index in [2.05, 4.69) is 5.32 Å². The van der Waals surface area contributed by atoms with Crippen molar-refractivity contribution < 1.29 is 27.5 Å². The van der Waals surface area contributed by atoms with Crippen molar-refractivity contribution in [2.75, 3.05) is 19.6 Å². The number of benzene rings is 1. The van der Waals surface area contributed by atoms with Gasteiger partial charge in [0.25, 0.3) is 0 Å². The monoisotopic (exact) mass is 390 g/mol. The highest BCUT2D eigenvalue weighted by molar-refractivity contribution is 5.81. The molecule has 4 nitrogen and oxygen atoms in total. The van der Waals surface area contributed by atoms with Crippen LogP contribution in [-0.2, 0) is 4.79 Å². The molecule has 2 rings (SSSR count). The Kier molecular flexibility index (Phi) is 6.86. The first kappa shape index (κ1) is 21.6. The van der Waals surface area contributed by atoms with Crippen LogP contribution in [0.2, 0.25) is 0 Å². The van der Waals surface area contributed by atoms with Crippen LogP contribution in [0, 0.1) is 11.7 Å². The normalized spacial score (nSPS) is 19.8. The zero-order valence-electron chi connectivity index (χ0n) is 15.5. The topological polar surface area (TPSA) is 52.6 Å². The summed E-state index contributed by atoms with van der Waals surface area (Å²) in [5, 5.41) is 13.4. The minimum atomic E-state index is -4.84. The third-order valence-electron chi connectivity index (χ3n) is 4.86. The molecule has 0 saturated carbocycles. The van der Waals surface area contributed by atoms with Crippen molar-refractivity contribution in [1.82, 2.24) is 10.2 Å². The number of carbonyl (C=O) groups excluding carboxylic acids is 1. The maximum absolute atomic E-state index is 13.3. The molecule has 1 fully saturated rings. The molecule has 0 aromatic heterocycles. The summed E-state index contributed by atoms with van der Waals surface area (Å²) in [6.45, 7) is 4.19. The van der Waals surface area contributed by atoms with E-state index in [0.717, 1.165) is 11.3 Å². The molecule has 1 aromatic carbocycles. The minimum absolute atomic E-state index is 0.0566. The van der Waals surface area contributed by atoms with Crippen molar-refractivity contribution in [3.63, 3.8) is 0 Å². The van der Waals surface area contributed by atoms with E-state index in [1.54, 1.807) is 6.07 Å². The van der Waals surface area contributed by atoms with E-state index in [9.17, 15) is 27.5 Å². The van der Waals surface area contributed by atoms with Crippen LogP contribution in [0.4, 0.5) is 17.6 Å². The molecule has 1 aliphatic rings. The number of nitrogens with zero attached hydrogens (tertiary/aromatic N) is 1. The number of rotatable bonds is 6. The lowest BCUT2D eigenvalue weighted by atomic mass is 9.85. The number of aliphatic hydroxyl groups is 1. The van der Waals surface area contributed by atoms with Gasteiger partial charge in [-0.05, 0) is 56.7 Å². The van der Waals surface area contributed by atoms with Crippen LogP contribution in [0.5, 0.6) is 0 Å². The van der Waals surface area contributed by atoms with Crippen LogP contribution in [0.3, 0.4) is 0 Å². The number of piperidine rings is 1. The average Bonchev–Trinajstić information content (AvgIpc) is 2.58. The van der Waals surface area contributed by atoms with E-state index < -0.39 is 29.5 Å². The fourth-order valence-electron chi connectivity index (χ4n) is 3.59. The number of hydrogen-bond acceptors (Lipinski definition) is 3. The maximum atomic E-state index is 13.3. The van der Waals surface area contributed by atoms with Gasteiger partial charge in [0.15, 0.2) is 0 Å². The molecule has 2 N–H and O–H groups in total. The zero-order chi connectivity index (χ0) is 20.2. The summed E-state index contributed by atoms with van der Waals surface area (Å²) in [5.41, 5.74) is 0.00131. The highest BCUT2D eigenvalue weighted by atomic mass is 19.4. The number of likely N-dealkylation sites (tertiary alicyclic amines) is 1. The predicted octanol–water partition coefficient (Wildman–Crippen LogP) is 3.42. The van der Waals surface area contributed by atoms with Crippen LogP contribution < -0.4 is 5.32 Å². The van der Waals surface area contributed by atoms with Gasteiger partial charge in [0.05, 0.1) is 6.10 Å². The summed E-state index contributed by atoms with van der Waals surface area (Å²) in [4.78, 5) is 12.3. The van der Waals surface area contributed by atoms with Crippen LogP contribution in [0.25, 0.3) is 0 Å². The maximum Gasteiger partial charge on any atom is 0.471 e. The SMILES string of the molecule is CC(C)(CC1CCCN(C(=O)C(F)(F)F)C1)NC[C@H](O)c1cccc(F)c1. The molecule has 1 heterocycles. The molecule has 1 unspecified atom stereocenters. The predicted molar refractivity (Wildman–Crippen MR) is 93.4 cm³/mol. The van der Waals surface area contributed by atoms with E-state index in [1.807, 2.05) is 13.8 Å². The molecular weight excluding hydrogens is 364 g/mol. The van der Waals surface area contributed by atoms with Gasteiger partial charge in [-0.2, -0.15) is 13.2 Å². The molecular formula is C19H26F4N2O2. The van der Waals surface area contributed by atoms with Crippen molar-refractivity contribution in [3.8, 4) is 0 Å². The fraction of sp³-hybridized carbons (Fsp3) is 0.632. The summed E-state index contributed by atoms with van der Waals surface area (Å²) in [7, 11) is 0. The molecule has 2 atom stereocenters. The van der Waals surface area contributed by atoms with Crippen LogP contribution in [0.1, 0.15) is 44.8 Å². The van der Waals surface area contributed by atoms with E-state index in [4.69, 9.17) is 0 Å². The third kappa shape index (κ3) is 6.46. The first-order chi connectivity index (χ1) is 12.5. The second-order valence-corrected chi connectivity index (χ2v) is 7.80. The molecule has 1 saturated heterocycles. The Balaban J connectivity index is 1.88. The quantitative estimate of drug-likeness (QED) is 0.732. The standard InChI is InChI=1S/C19H26F4N2O2/c1-18(2,24-11-16(26)14-6-3-7-15(20)9-14)10-13-5-4-8-25(12-13)17(27)19(21,22)23/h3,6-7,9,13,16,24,26H,4-5,8,10-12H2,1-2H3/t13?,16-/m0/s1. The highest BCUT2D eigenvalue weighted by Crippen LogP contribution is 2.28. The van der Waals surface area contributed by atoms with Crippen LogP contribution >= 0.6 is 0 Å². The molecule has 1 aliphatic heterocycles. The van der Waals surface area contributed by atoms with Crippen molar-refractivity contribution in [2.45, 2.75) is 50.9 Å². The Morgan fingerprint density at radius 2 is 2.07 bits per heavy atom. The second kappa shape index (κ2) is 8.56. The van der Waals surface area contributed by atoms with Gasteiger partial charge in [0.2, 0.25) is 0 Å². The van der Waals surface area contributed by atoms with Crippen LogP contribution in [0.15, 0.2) is 24.3 Å². The van der Waals surface area contributed by atoms with E-state index in [-0.39, 0.29) is 25.6 Å². The van der Waals surface area contributed by atoms with Gasteiger partial charge in [-0.1, -0.05) is 12.1 Å². The van der Waals surface area contributed by atoms with E-state index in [0.29, 0.717) is 18.4 Å². The van der Waals surface area contributed by atoms with Gasteiger partial charge in [0.1, 0.15) is 5.82 Å². The third-order valence-corrected chi connectivity index (χ3v) is 4.86. The van der Waals surface area contributed by atoms with Crippen molar-refractivity contribution in [1.29, 1.82) is 0 Å². The first-order valence-electron chi connectivity index (χ1n) is 9.02. The molecule has 0 bridgehead atoms. The molecule has 0 aliphatic carbocycles. The summed E-state index contributed by atoms with van der Waals surface area (Å²) in [5.74, 6) is -2.26. The van der Waals surface area contributed by atoms with Crippen LogP contribution in [-0.4, -0.2) is 47.3 Å². The molecule has 0 radical (unpaired) electrons. The fourth-order valence-corrected chi connectivity index (χ4v) is 3.59. The largest absolute Gasteiger partial charge is 0.471 e. The summed E-state index contributed by atoms with van der Waals surface area (Å²) in [6, 6.07) is 5.71. The molecule has 1 amide bonds. The Morgan fingerprint density at radius 1 is 1.37 bits per heavy atom. The van der Waals surface area contributed by atoms with Gasteiger partial charge in [-0.3, -0.25) is 4.79 Å². The van der Waals surface area contributed by atoms with Gasteiger partial charge in [0, 0.05) is 25.2 Å². The van der Waals surface area contributed by atoms with Crippen molar-refractivity contribution in [2.24, 2.45) is 5.92 Å². The van der Waals surface area contributed by atoms with Crippen molar-refractivity contribution >= 4 is 5.91 Å². The van der Waals surface area contributed by atoms with Gasteiger partial charge >= 0.3 is 12.1 Å². The Morgan fingerprint density at radius 3 is 2.70 bits per heavy atom. The number of carbonyl (C=O) groups is 1. The lowest BCUT2D eigenvalue weighted by molar-refractivity contribution is -0.187.